The first-order valence-corrected chi connectivity index (χ1v) is 5.59. The summed E-state index contributed by atoms with van der Waals surface area (Å²) in [6, 6.07) is 11.9. The maximum atomic E-state index is 6.21. The molecule has 0 amide bonds. The topological polar surface area (TPSA) is 41.8 Å². The van der Waals surface area contributed by atoms with Gasteiger partial charge < -0.3 is 10.7 Å². The normalized spacial score (nSPS) is 12.4. The molecule has 1 heterocycles. The first kappa shape index (κ1) is 11.0. The highest BCUT2D eigenvalue weighted by atomic mass is 32.1. The van der Waals surface area contributed by atoms with E-state index in [2.05, 4.69) is 4.98 Å². The zero-order valence-corrected chi connectivity index (χ0v) is 9.92. The first-order valence-electron chi connectivity index (χ1n) is 5.18. The van der Waals surface area contributed by atoms with E-state index in [1.807, 2.05) is 49.5 Å². The molecular weight excluding hydrogens is 216 g/mol. The Balaban J connectivity index is 2.42. The fourth-order valence-corrected chi connectivity index (χ4v) is 2.00. The van der Waals surface area contributed by atoms with Crippen LogP contribution >= 0.6 is 12.2 Å². The van der Waals surface area contributed by atoms with Crippen LogP contribution in [0, 0.1) is 11.6 Å². The summed E-state index contributed by atoms with van der Waals surface area (Å²) in [4.78, 5) is 3.03. The lowest BCUT2D eigenvalue weighted by molar-refractivity contribution is 0.852. The van der Waals surface area contributed by atoms with Crippen molar-refractivity contribution in [2.45, 2.75) is 13.0 Å². The lowest BCUT2D eigenvalue weighted by Gasteiger charge is -2.14. The summed E-state index contributed by atoms with van der Waals surface area (Å²) in [6.45, 7) is 2.03. The average molecular weight is 230 g/mol. The van der Waals surface area contributed by atoms with Gasteiger partial charge in [0, 0.05) is 6.20 Å². The van der Waals surface area contributed by atoms with Gasteiger partial charge >= 0.3 is 0 Å². The highest BCUT2D eigenvalue weighted by Gasteiger charge is 2.10. The van der Waals surface area contributed by atoms with Crippen LogP contribution in [0.15, 0.2) is 42.6 Å². The number of aryl methyl sites for hydroxylation is 1. The number of benzene rings is 1. The standard InChI is InChI=1S/C13H14N2S/c1-9-7-12(16)15-8-11(9)13(14)10-5-3-2-4-6-10/h2-8,13H,14H2,1H3,(H,15,16). The number of nitrogens with one attached hydrogen (secondary N) is 1. The molecule has 3 N–H and O–H groups in total. The number of nitrogens with two attached hydrogens (primary N) is 1. The van der Waals surface area contributed by atoms with Crippen LogP contribution in [0.2, 0.25) is 0 Å². The van der Waals surface area contributed by atoms with E-state index < -0.39 is 0 Å². The monoisotopic (exact) mass is 230 g/mol. The Kier molecular flexibility index (Phi) is 3.17. The minimum absolute atomic E-state index is 0.104. The van der Waals surface area contributed by atoms with E-state index >= 15 is 0 Å². The van der Waals surface area contributed by atoms with Crippen LogP contribution in [-0.2, 0) is 0 Å². The number of hydrogen-bond acceptors (Lipinski definition) is 2. The van der Waals surface area contributed by atoms with E-state index in [0.717, 1.165) is 21.3 Å². The van der Waals surface area contributed by atoms with Crippen molar-refractivity contribution in [3.63, 3.8) is 0 Å². The van der Waals surface area contributed by atoms with Crippen LogP contribution in [0.3, 0.4) is 0 Å². The Hall–Kier alpha value is -1.45. The zero-order chi connectivity index (χ0) is 11.5. The molecule has 2 aromatic rings. The minimum atomic E-state index is -0.104. The predicted octanol–water partition coefficient (Wildman–Crippen LogP) is 3.10. The van der Waals surface area contributed by atoms with Crippen molar-refractivity contribution in [3.05, 3.63) is 63.9 Å². The van der Waals surface area contributed by atoms with Gasteiger partial charge in [0.25, 0.3) is 0 Å². The molecule has 0 aliphatic carbocycles. The maximum Gasteiger partial charge on any atom is 0.103 e. The summed E-state index contributed by atoms with van der Waals surface area (Å²) in [6.07, 6.45) is 1.90. The fraction of sp³-hybridized carbons (Fsp3) is 0.154. The second-order valence-corrected chi connectivity index (χ2v) is 4.26. The van der Waals surface area contributed by atoms with Crippen LogP contribution in [-0.4, -0.2) is 4.98 Å². The van der Waals surface area contributed by atoms with Crippen LogP contribution in [0.4, 0.5) is 0 Å². The van der Waals surface area contributed by atoms with Gasteiger partial charge in [0.2, 0.25) is 0 Å². The predicted molar refractivity (Wildman–Crippen MR) is 68.8 cm³/mol. The third-order valence-corrected chi connectivity index (χ3v) is 2.90. The van der Waals surface area contributed by atoms with Crippen molar-refractivity contribution in [1.82, 2.24) is 4.98 Å². The molecule has 0 aliphatic heterocycles. The van der Waals surface area contributed by atoms with Gasteiger partial charge in [-0.05, 0) is 29.7 Å². The molecule has 0 saturated heterocycles. The Labute approximate surface area is 100 Å². The highest BCUT2D eigenvalue weighted by molar-refractivity contribution is 7.71. The third kappa shape index (κ3) is 2.21. The minimum Gasteiger partial charge on any atom is -0.353 e. The Bertz CT molecular complexity index is 531. The SMILES string of the molecule is Cc1cc(=S)[nH]cc1C(N)c1ccccc1. The van der Waals surface area contributed by atoms with Gasteiger partial charge in [-0.2, -0.15) is 0 Å². The summed E-state index contributed by atoms with van der Waals surface area (Å²) in [7, 11) is 0. The summed E-state index contributed by atoms with van der Waals surface area (Å²) in [5.74, 6) is 0. The Morgan fingerprint density at radius 2 is 1.94 bits per heavy atom. The molecule has 1 unspecified atom stereocenters. The second kappa shape index (κ2) is 4.60. The van der Waals surface area contributed by atoms with E-state index in [9.17, 15) is 0 Å². The molecule has 1 atom stereocenters. The van der Waals surface area contributed by atoms with Gasteiger partial charge in [-0.15, -0.1) is 0 Å². The van der Waals surface area contributed by atoms with Gasteiger partial charge in [0.1, 0.15) is 4.64 Å². The van der Waals surface area contributed by atoms with E-state index in [1.165, 1.54) is 0 Å². The smallest absolute Gasteiger partial charge is 0.103 e. The first-order chi connectivity index (χ1) is 7.68. The van der Waals surface area contributed by atoms with Gasteiger partial charge in [0.15, 0.2) is 0 Å². The number of hydrogen-bond donors (Lipinski definition) is 2. The molecule has 1 aromatic carbocycles. The van der Waals surface area contributed by atoms with Crippen molar-refractivity contribution in [3.8, 4) is 0 Å². The highest BCUT2D eigenvalue weighted by Crippen LogP contribution is 2.21. The number of pyridine rings is 1. The maximum absolute atomic E-state index is 6.21. The number of aromatic nitrogens is 1. The van der Waals surface area contributed by atoms with Gasteiger partial charge in [-0.1, -0.05) is 42.5 Å². The molecule has 2 rings (SSSR count). The van der Waals surface area contributed by atoms with Crippen molar-refractivity contribution in [1.29, 1.82) is 0 Å². The van der Waals surface area contributed by atoms with Crippen molar-refractivity contribution in [2.75, 3.05) is 0 Å². The molecule has 0 bridgehead atoms. The molecule has 0 aliphatic rings. The molecule has 2 nitrogen and oxygen atoms in total. The van der Waals surface area contributed by atoms with Crippen LogP contribution in [0.25, 0.3) is 0 Å². The summed E-state index contributed by atoms with van der Waals surface area (Å²) >= 11 is 5.07. The second-order valence-electron chi connectivity index (χ2n) is 3.82. The van der Waals surface area contributed by atoms with Crippen LogP contribution in [0.1, 0.15) is 22.7 Å². The van der Waals surface area contributed by atoms with Gasteiger partial charge in [-0.25, -0.2) is 0 Å². The van der Waals surface area contributed by atoms with Crippen molar-refractivity contribution >= 4 is 12.2 Å². The Morgan fingerprint density at radius 3 is 2.56 bits per heavy atom. The van der Waals surface area contributed by atoms with Crippen LogP contribution in [0.5, 0.6) is 0 Å². The molecule has 0 saturated carbocycles. The quantitative estimate of drug-likeness (QED) is 0.778. The van der Waals surface area contributed by atoms with E-state index in [1.54, 1.807) is 0 Å². The molecule has 16 heavy (non-hydrogen) atoms. The van der Waals surface area contributed by atoms with Crippen molar-refractivity contribution in [2.24, 2.45) is 5.73 Å². The number of rotatable bonds is 2. The molecule has 0 spiro atoms. The average Bonchev–Trinajstić information content (AvgIpc) is 2.29. The van der Waals surface area contributed by atoms with Gasteiger partial charge in [0.05, 0.1) is 6.04 Å². The summed E-state index contributed by atoms with van der Waals surface area (Å²) < 4.78 is 0.738. The zero-order valence-electron chi connectivity index (χ0n) is 9.10. The summed E-state index contributed by atoms with van der Waals surface area (Å²) in [5.41, 5.74) is 9.53. The third-order valence-electron chi connectivity index (χ3n) is 2.67. The molecule has 0 fully saturated rings. The molecule has 3 heteroatoms. The molecular formula is C13H14N2S. The van der Waals surface area contributed by atoms with E-state index in [4.69, 9.17) is 18.0 Å². The van der Waals surface area contributed by atoms with Gasteiger partial charge in [-0.3, -0.25) is 0 Å². The molecule has 1 aromatic heterocycles. The van der Waals surface area contributed by atoms with E-state index in [-0.39, 0.29) is 6.04 Å². The molecule has 82 valence electrons. The number of aromatic amines is 1. The van der Waals surface area contributed by atoms with E-state index in [0.29, 0.717) is 0 Å². The Morgan fingerprint density at radius 1 is 1.25 bits per heavy atom. The van der Waals surface area contributed by atoms with Crippen LogP contribution < -0.4 is 5.73 Å². The lowest BCUT2D eigenvalue weighted by atomic mass is 9.98. The largest absolute Gasteiger partial charge is 0.353 e. The lowest BCUT2D eigenvalue weighted by Crippen LogP contribution is -2.13. The number of H-pyrrole nitrogens is 1. The summed E-state index contributed by atoms with van der Waals surface area (Å²) in [5, 5.41) is 0. The van der Waals surface area contributed by atoms with Crippen molar-refractivity contribution < 1.29 is 0 Å². The molecule has 0 radical (unpaired) electrons. The fourth-order valence-electron chi connectivity index (χ4n) is 1.76.